The Morgan fingerprint density at radius 3 is 2.32 bits per heavy atom. The number of aromatic nitrogens is 2. The number of aliphatic hydroxyl groups is 7. The third-order valence-corrected chi connectivity index (χ3v) is 9.23. The molecule has 3 aliphatic rings. The molecule has 0 amide bonds. The van der Waals surface area contributed by atoms with Crippen LogP contribution in [0.4, 0.5) is 0 Å². The third kappa shape index (κ3) is 5.95. The molecule has 1 aromatic carbocycles. The highest BCUT2D eigenvalue weighted by Gasteiger charge is 2.48. The summed E-state index contributed by atoms with van der Waals surface area (Å²) in [5.74, 6) is 0.674. The van der Waals surface area contributed by atoms with Crippen molar-refractivity contribution in [2.75, 3.05) is 20.3 Å². The van der Waals surface area contributed by atoms with Gasteiger partial charge in [0.1, 0.15) is 54.6 Å². The van der Waals surface area contributed by atoms with Crippen molar-refractivity contribution in [2.45, 2.75) is 94.3 Å². The molecule has 0 radical (unpaired) electrons. The summed E-state index contributed by atoms with van der Waals surface area (Å²) in [6.45, 7) is 2.67. The summed E-state index contributed by atoms with van der Waals surface area (Å²) in [6, 6.07) is 9.35. The second-order valence-corrected chi connectivity index (χ2v) is 12.1. The second-order valence-electron chi connectivity index (χ2n) is 12.1. The molecule has 2 fully saturated rings. The van der Waals surface area contributed by atoms with Crippen molar-refractivity contribution in [1.29, 1.82) is 0 Å². The fraction of sp³-hybridized carbons (Fsp3) is 0.562. The summed E-state index contributed by atoms with van der Waals surface area (Å²) in [5, 5.41) is 72.8. The first-order valence-corrected chi connectivity index (χ1v) is 15.5. The van der Waals surface area contributed by atoms with E-state index in [1.807, 2.05) is 37.3 Å². The van der Waals surface area contributed by atoms with E-state index in [2.05, 4.69) is 0 Å². The molecular formula is C32H40N2O13. The smallest absolute Gasteiger partial charge is 0.254 e. The van der Waals surface area contributed by atoms with Gasteiger partial charge in [0.05, 0.1) is 49.9 Å². The van der Waals surface area contributed by atoms with Gasteiger partial charge >= 0.3 is 0 Å². The number of rotatable bonds is 9. The largest absolute Gasteiger partial charge is 0.496 e. The van der Waals surface area contributed by atoms with Gasteiger partial charge < -0.3 is 64.0 Å². The maximum absolute atomic E-state index is 13.6. The lowest BCUT2D eigenvalue weighted by Gasteiger charge is -2.43. The summed E-state index contributed by atoms with van der Waals surface area (Å²) < 4.78 is 30.0. The Labute approximate surface area is 269 Å². The molecule has 6 rings (SSSR count). The minimum Gasteiger partial charge on any atom is -0.496 e. The van der Waals surface area contributed by atoms with Gasteiger partial charge in [-0.2, -0.15) is 0 Å². The average molecular weight is 661 g/mol. The molecule has 0 saturated carbocycles. The van der Waals surface area contributed by atoms with Crippen molar-refractivity contribution in [1.82, 2.24) is 9.55 Å². The molecule has 2 saturated heterocycles. The number of benzene rings is 1. The van der Waals surface area contributed by atoms with Crippen LogP contribution < -0.4 is 10.3 Å². The van der Waals surface area contributed by atoms with Gasteiger partial charge in [0.25, 0.3) is 5.56 Å². The van der Waals surface area contributed by atoms with E-state index in [9.17, 15) is 40.5 Å². The van der Waals surface area contributed by atoms with E-state index < -0.39 is 80.7 Å². The zero-order valence-electron chi connectivity index (χ0n) is 26.0. The Balaban J connectivity index is 1.23. The normalized spacial score (nSPS) is 32.6. The Bertz CT molecular complexity index is 1660. The molecule has 2 aromatic heterocycles. The van der Waals surface area contributed by atoms with E-state index in [1.165, 1.54) is 0 Å². The van der Waals surface area contributed by atoms with Gasteiger partial charge in [-0.05, 0) is 43.2 Å². The maximum Gasteiger partial charge on any atom is 0.254 e. The van der Waals surface area contributed by atoms with Gasteiger partial charge in [-0.3, -0.25) is 4.79 Å². The Morgan fingerprint density at radius 2 is 1.64 bits per heavy atom. The fourth-order valence-electron chi connectivity index (χ4n) is 6.47. The Kier molecular flexibility index (Phi) is 9.68. The monoisotopic (exact) mass is 660 g/mol. The van der Waals surface area contributed by atoms with Crippen LogP contribution in [0, 0.1) is 6.92 Å². The van der Waals surface area contributed by atoms with Gasteiger partial charge in [-0.1, -0.05) is 13.0 Å². The van der Waals surface area contributed by atoms with E-state index in [4.69, 9.17) is 28.7 Å². The van der Waals surface area contributed by atoms with Crippen LogP contribution in [0.3, 0.4) is 0 Å². The van der Waals surface area contributed by atoms with E-state index in [-0.39, 0.29) is 5.56 Å². The zero-order chi connectivity index (χ0) is 33.7. The van der Waals surface area contributed by atoms with Crippen LogP contribution in [0.1, 0.15) is 36.1 Å². The molecule has 47 heavy (non-hydrogen) atoms. The number of hydrogen-bond donors (Lipinski definition) is 7. The van der Waals surface area contributed by atoms with Crippen LogP contribution in [0.5, 0.6) is 5.75 Å². The molecule has 0 aliphatic carbocycles. The molecule has 15 nitrogen and oxygen atoms in total. The molecule has 5 heterocycles. The van der Waals surface area contributed by atoms with Crippen LogP contribution in [-0.2, 0) is 25.5 Å². The topological polar surface area (TPSA) is 223 Å². The first kappa shape index (κ1) is 33.8. The molecular weight excluding hydrogens is 620 g/mol. The zero-order valence-corrected chi connectivity index (χ0v) is 26.0. The van der Waals surface area contributed by atoms with Crippen LogP contribution in [0.2, 0.25) is 0 Å². The summed E-state index contributed by atoms with van der Waals surface area (Å²) >= 11 is 0. The standard InChI is InChI=1S/C32H40N2O13/c1-4-19(15-9-18-23-14(10-34(18)30(42)13(15)2)8-16-17(33-23)6-5-7-20(16)43-3)45-32-29(41)27(39)25(37)22(47-32)12-44-31-28(40)26(38)24(36)21(11-35)46-31/h5-9,19,21-22,24-29,31-32,35-41H,4,10-12H2,1-3H3/t19-,21+,22+,24+,25+,26-,27-,28+,29+,31+,32+/m0/s1. The Morgan fingerprint density at radius 1 is 0.957 bits per heavy atom. The van der Waals surface area contributed by atoms with Gasteiger partial charge in [0, 0.05) is 16.5 Å². The molecule has 3 aliphatic heterocycles. The molecule has 15 heteroatoms. The number of ether oxygens (including phenoxy) is 5. The predicted molar refractivity (Wildman–Crippen MR) is 162 cm³/mol. The lowest BCUT2D eigenvalue weighted by Crippen LogP contribution is -2.61. The summed E-state index contributed by atoms with van der Waals surface area (Å²) in [5.41, 5.74) is 3.53. The SMILES string of the molecule is CC[C@H](O[C@@H]1O[C@H](CO[C@@H]2O[C@H](CO)[C@@H](O)[C@H](O)[C@H]2O)[C@@H](O)[C@H](O)[C@H]1O)c1cc2n(c(=O)c1C)Cc1cc3c(OC)cccc3nc1-2. The van der Waals surface area contributed by atoms with Crippen molar-refractivity contribution < 1.29 is 59.4 Å². The molecule has 0 unspecified atom stereocenters. The summed E-state index contributed by atoms with van der Waals surface area (Å²) in [4.78, 5) is 18.5. The molecule has 3 aromatic rings. The van der Waals surface area contributed by atoms with Gasteiger partial charge in [-0.15, -0.1) is 0 Å². The number of methoxy groups -OCH3 is 1. The first-order valence-electron chi connectivity index (χ1n) is 15.5. The first-order chi connectivity index (χ1) is 22.5. The van der Waals surface area contributed by atoms with E-state index in [0.29, 0.717) is 46.7 Å². The lowest BCUT2D eigenvalue weighted by molar-refractivity contribution is -0.336. The molecule has 7 N–H and O–H groups in total. The van der Waals surface area contributed by atoms with Crippen molar-refractivity contribution in [3.05, 3.63) is 57.4 Å². The molecule has 11 atom stereocenters. The number of aliphatic hydroxyl groups excluding tert-OH is 7. The van der Waals surface area contributed by atoms with Crippen molar-refractivity contribution in [3.8, 4) is 17.1 Å². The van der Waals surface area contributed by atoms with Crippen LogP contribution in [-0.4, -0.2) is 127 Å². The van der Waals surface area contributed by atoms with Crippen LogP contribution >= 0.6 is 0 Å². The van der Waals surface area contributed by atoms with Gasteiger partial charge in [-0.25, -0.2) is 4.98 Å². The minimum absolute atomic E-state index is 0.236. The van der Waals surface area contributed by atoms with E-state index in [0.717, 1.165) is 10.9 Å². The predicted octanol–water partition coefficient (Wildman–Crippen LogP) is -1.17. The molecule has 0 bridgehead atoms. The fourth-order valence-corrected chi connectivity index (χ4v) is 6.47. The van der Waals surface area contributed by atoms with Gasteiger partial charge in [0.15, 0.2) is 12.6 Å². The van der Waals surface area contributed by atoms with Gasteiger partial charge in [0.2, 0.25) is 0 Å². The highest BCUT2D eigenvalue weighted by Crippen LogP contribution is 2.38. The summed E-state index contributed by atoms with van der Waals surface area (Å²) in [7, 11) is 1.59. The molecule has 0 spiro atoms. The van der Waals surface area contributed by atoms with Crippen molar-refractivity contribution in [2.24, 2.45) is 0 Å². The highest BCUT2D eigenvalue weighted by molar-refractivity contribution is 5.89. The third-order valence-electron chi connectivity index (χ3n) is 9.23. The maximum atomic E-state index is 13.6. The minimum atomic E-state index is -1.72. The highest BCUT2D eigenvalue weighted by atomic mass is 16.7. The quantitative estimate of drug-likeness (QED) is 0.113. The number of hydrogen-bond acceptors (Lipinski definition) is 14. The lowest BCUT2D eigenvalue weighted by atomic mass is 9.97. The average Bonchev–Trinajstić information content (AvgIpc) is 3.44. The number of pyridine rings is 2. The second kappa shape index (κ2) is 13.4. The van der Waals surface area contributed by atoms with E-state index >= 15 is 0 Å². The molecule has 256 valence electrons. The van der Waals surface area contributed by atoms with Crippen molar-refractivity contribution >= 4 is 10.9 Å². The summed E-state index contributed by atoms with van der Waals surface area (Å²) in [6.07, 6.45) is -15.9. The van der Waals surface area contributed by atoms with Crippen LogP contribution in [0.25, 0.3) is 22.3 Å². The number of fused-ring (bicyclic) bond motifs is 4. The van der Waals surface area contributed by atoms with Crippen LogP contribution in [0.15, 0.2) is 35.1 Å². The van der Waals surface area contributed by atoms with Crippen molar-refractivity contribution in [3.63, 3.8) is 0 Å². The van der Waals surface area contributed by atoms with E-state index in [1.54, 1.807) is 18.6 Å². The number of nitrogens with zero attached hydrogens (tertiary/aromatic N) is 2. The Hall–Kier alpha value is -3.06.